The molecule has 0 unspecified atom stereocenters. The molecule has 2 N–H and O–H groups in total. The second kappa shape index (κ2) is 6.89. The molecule has 0 atom stereocenters. The minimum atomic E-state index is -0.527. The van der Waals surface area contributed by atoms with Gasteiger partial charge in [0, 0.05) is 6.07 Å². The van der Waals surface area contributed by atoms with Crippen molar-refractivity contribution >= 4 is 43.5 Å². The lowest BCUT2D eigenvalue weighted by Gasteiger charge is -2.11. The fourth-order valence-corrected chi connectivity index (χ4v) is 2.88. The molecule has 0 bridgehead atoms. The third-order valence-corrected chi connectivity index (χ3v) is 4.15. The molecule has 6 heteroatoms. The maximum atomic E-state index is 13.5. The molecule has 0 heterocycles. The van der Waals surface area contributed by atoms with Crippen LogP contribution < -0.4 is 10.5 Å². The van der Waals surface area contributed by atoms with E-state index in [1.54, 1.807) is 0 Å². The van der Waals surface area contributed by atoms with Crippen LogP contribution in [0.4, 0.5) is 4.39 Å². The molecule has 0 saturated carbocycles. The lowest BCUT2D eigenvalue weighted by Crippen LogP contribution is -2.02. The van der Waals surface area contributed by atoms with E-state index in [-0.39, 0.29) is 5.02 Å². The summed E-state index contributed by atoms with van der Waals surface area (Å²) in [7, 11) is 0. The summed E-state index contributed by atoms with van der Waals surface area (Å²) < 4.78 is 20.5. The predicted molar refractivity (Wildman–Crippen MR) is 86.1 cm³/mol. The number of rotatable bonds is 4. The van der Waals surface area contributed by atoms with E-state index in [0.29, 0.717) is 22.5 Å². The molecule has 0 aliphatic carbocycles. The maximum absolute atomic E-state index is 13.5. The molecule has 0 aromatic heterocycles. The number of halogens is 4. The lowest BCUT2D eigenvalue weighted by molar-refractivity contribution is 0.470. The number of benzene rings is 2. The first-order chi connectivity index (χ1) is 9.51. The van der Waals surface area contributed by atoms with Crippen LogP contribution in [0.2, 0.25) is 5.02 Å². The monoisotopic (exact) mass is 421 g/mol. The Bertz CT molecular complexity index is 637. The second-order valence-electron chi connectivity index (χ2n) is 4.10. The van der Waals surface area contributed by atoms with E-state index in [2.05, 4.69) is 31.9 Å². The highest BCUT2D eigenvalue weighted by Gasteiger charge is 2.11. The zero-order valence-corrected chi connectivity index (χ0v) is 14.2. The SMILES string of the molecule is NCCc1ccc(Oc2cc(F)c(Cl)cc2Br)c(Br)c1. The van der Waals surface area contributed by atoms with Crippen LogP contribution in [-0.2, 0) is 6.42 Å². The topological polar surface area (TPSA) is 35.2 Å². The normalized spacial score (nSPS) is 10.7. The van der Waals surface area contributed by atoms with Gasteiger partial charge >= 0.3 is 0 Å². The van der Waals surface area contributed by atoms with Gasteiger partial charge in [-0.2, -0.15) is 0 Å². The Morgan fingerprint density at radius 3 is 2.45 bits per heavy atom. The van der Waals surface area contributed by atoms with Gasteiger partial charge < -0.3 is 10.5 Å². The largest absolute Gasteiger partial charge is 0.455 e. The molecule has 0 aliphatic heterocycles. The first kappa shape index (κ1) is 15.8. The molecule has 0 aliphatic rings. The third kappa shape index (κ3) is 3.73. The molecule has 0 spiro atoms. The van der Waals surface area contributed by atoms with E-state index >= 15 is 0 Å². The van der Waals surface area contributed by atoms with Crippen molar-refractivity contribution in [2.75, 3.05) is 6.54 Å². The highest BCUT2D eigenvalue weighted by atomic mass is 79.9. The van der Waals surface area contributed by atoms with Crippen LogP contribution in [0, 0.1) is 5.82 Å². The highest BCUT2D eigenvalue weighted by molar-refractivity contribution is 9.11. The van der Waals surface area contributed by atoms with E-state index < -0.39 is 5.82 Å². The van der Waals surface area contributed by atoms with Gasteiger partial charge in [0.2, 0.25) is 0 Å². The van der Waals surface area contributed by atoms with E-state index in [1.807, 2.05) is 18.2 Å². The van der Waals surface area contributed by atoms with E-state index in [1.165, 1.54) is 12.1 Å². The average molecular weight is 424 g/mol. The number of nitrogens with two attached hydrogens (primary N) is 1. The minimum absolute atomic E-state index is 0.0431. The van der Waals surface area contributed by atoms with Gasteiger partial charge in [-0.05, 0) is 68.6 Å². The van der Waals surface area contributed by atoms with E-state index in [9.17, 15) is 4.39 Å². The van der Waals surface area contributed by atoms with Crippen molar-refractivity contribution in [2.45, 2.75) is 6.42 Å². The summed E-state index contributed by atoms with van der Waals surface area (Å²) in [6.45, 7) is 0.584. The molecular weight excluding hydrogens is 412 g/mol. The smallest absolute Gasteiger partial charge is 0.145 e. The Kier molecular flexibility index (Phi) is 5.43. The predicted octanol–water partition coefficient (Wildman–Crippen LogP) is 5.30. The number of ether oxygens (including phenoxy) is 1. The molecule has 2 aromatic rings. The van der Waals surface area contributed by atoms with Crippen LogP contribution in [-0.4, -0.2) is 6.54 Å². The van der Waals surface area contributed by atoms with E-state index in [4.69, 9.17) is 22.1 Å². The molecule has 0 saturated heterocycles. The fraction of sp³-hybridized carbons (Fsp3) is 0.143. The van der Waals surface area contributed by atoms with Crippen LogP contribution in [0.1, 0.15) is 5.56 Å². The van der Waals surface area contributed by atoms with Crippen molar-refractivity contribution in [3.8, 4) is 11.5 Å². The van der Waals surface area contributed by atoms with Crippen molar-refractivity contribution in [2.24, 2.45) is 5.73 Å². The molecule has 2 nitrogen and oxygen atoms in total. The van der Waals surface area contributed by atoms with Gasteiger partial charge in [0.05, 0.1) is 14.0 Å². The van der Waals surface area contributed by atoms with Gasteiger partial charge in [-0.25, -0.2) is 4.39 Å². The molecule has 0 amide bonds. The highest BCUT2D eigenvalue weighted by Crippen LogP contribution is 2.36. The average Bonchev–Trinajstić information content (AvgIpc) is 2.39. The molecule has 2 aromatic carbocycles. The zero-order chi connectivity index (χ0) is 14.7. The van der Waals surface area contributed by atoms with Gasteiger partial charge in [-0.1, -0.05) is 17.7 Å². The van der Waals surface area contributed by atoms with Crippen LogP contribution in [0.5, 0.6) is 11.5 Å². The fourth-order valence-electron chi connectivity index (χ4n) is 1.65. The Labute approximate surface area is 138 Å². The summed E-state index contributed by atoms with van der Waals surface area (Å²) in [5.74, 6) is 0.424. The van der Waals surface area contributed by atoms with Crippen molar-refractivity contribution in [3.63, 3.8) is 0 Å². The van der Waals surface area contributed by atoms with Crippen molar-refractivity contribution in [1.29, 1.82) is 0 Å². The third-order valence-electron chi connectivity index (χ3n) is 2.62. The Hall–Kier alpha value is -0.620. The summed E-state index contributed by atoms with van der Waals surface area (Å²) in [6, 6.07) is 8.37. The molecule has 0 radical (unpaired) electrons. The van der Waals surface area contributed by atoms with Gasteiger partial charge in [0.15, 0.2) is 0 Å². The quantitative estimate of drug-likeness (QED) is 0.678. The van der Waals surface area contributed by atoms with Crippen LogP contribution >= 0.6 is 43.5 Å². The Morgan fingerprint density at radius 1 is 1.10 bits per heavy atom. The lowest BCUT2D eigenvalue weighted by atomic mass is 10.1. The minimum Gasteiger partial charge on any atom is -0.455 e. The van der Waals surface area contributed by atoms with Crippen LogP contribution in [0.3, 0.4) is 0 Å². The maximum Gasteiger partial charge on any atom is 0.145 e. The molecule has 0 fully saturated rings. The molecular formula is C14H11Br2ClFNO. The Morgan fingerprint density at radius 2 is 1.80 bits per heavy atom. The second-order valence-corrected chi connectivity index (χ2v) is 6.22. The molecule has 20 heavy (non-hydrogen) atoms. The van der Waals surface area contributed by atoms with Crippen molar-refractivity contribution in [1.82, 2.24) is 0 Å². The van der Waals surface area contributed by atoms with Gasteiger partial charge in [-0.3, -0.25) is 0 Å². The molecule has 2 rings (SSSR count). The Balaban J connectivity index is 2.28. The van der Waals surface area contributed by atoms with Gasteiger partial charge in [0.25, 0.3) is 0 Å². The summed E-state index contributed by atoms with van der Waals surface area (Å²) in [5, 5.41) is 0.0431. The van der Waals surface area contributed by atoms with E-state index in [0.717, 1.165) is 16.5 Å². The first-order valence-electron chi connectivity index (χ1n) is 5.82. The number of hydrogen-bond acceptors (Lipinski definition) is 2. The summed E-state index contributed by atoms with van der Waals surface area (Å²) >= 11 is 12.4. The van der Waals surface area contributed by atoms with Gasteiger partial charge in [-0.15, -0.1) is 0 Å². The summed E-state index contributed by atoms with van der Waals surface area (Å²) in [5.41, 5.74) is 6.62. The zero-order valence-electron chi connectivity index (χ0n) is 10.3. The summed E-state index contributed by atoms with van der Waals surface area (Å²) in [4.78, 5) is 0. The first-order valence-corrected chi connectivity index (χ1v) is 7.78. The van der Waals surface area contributed by atoms with Crippen LogP contribution in [0.25, 0.3) is 0 Å². The standard InChI is InChI=1S/C14H11Br2ClFNO/c15-9-5-8(3-4-19)1-2-13(9)20-14-7-12(18)11(17)6-10(14)16/h1-2,5-7H,3-4,19H2. The van der Waals surface area contributed by atoms with Crippen molar-refractivity contribution in [3.05, 3.63) is 55.7 Å². The van der Waals surface area contributed by atoms with Gasteiger partial charge in [0.1, 0.15) is 17.3 Å². The number of hydrogen-bond donors (Lipinski definition) is 1. The summed E-state index contributed by atoms with van der Waals surface area (Å²) in [6.07, 6.45) is 0.790. The molecule has 106 valence electrons. The van der Waals surface area contributed by atoms with Crippen LogP contribution in [0.15, 0.2) is 39.3 Å². The van der Waals surface area contributed by atoms with Crippen molar-refractivity contribution < 1.29 is 9.13 Å².